The Hall–Kier alpha value is -2.20. The average Bonchev–Trinajstić information content (AvgIpc) is 2.94. The molecule has 3 nitrogen and oxygen atoms in total. The number of fused-ring (bicyclic) bond motifs is 1. The third-order valence-corrected chi connectivity index (χ3v) is 5.17. The molecule has 3 atom stereocenters. The molecular weight excluding hydrogens is 315 g/mol. The molecule has 2 N–H and O–H groups in total. The minimum atomic E-state index is -0.246. The van der Waals surface area contributed by atoms with Gasteiger partial charge in [-0.05, 0) is 48.2 Å². The van der Waals surface area contributed by atoms with Gasteiger partial charge in [-0.15, -0.1) is 0 Å². The molecule has 4 rings (SSSR count). The van der Waals surface area contributed by atoms with Crippen molar-refractivity contribution in [2.24, 2.45) is 11.7 Å². The van der Waals surface area contributed by atoms with Crippen LogP contribution in [0.25, 0.3) is 0 Å². The molecule has 25 heavy (non-hydrogen) atoms. The Kier molecular flexibility index (Phi) is 4.53. The number of nitrogens with zero attached hydrogens (tertiary/aromatic N) is 1. The van der Waals surface area contributed by atoms with Crippen LogP contribution in [0.2, 0.25) is 0 Å². The summed E-state index contributed by atoms with van der Waals surface area (Å²) >= 11 is 0. The van der Waals surface area contributed by atoms with Crippen molar-refractivity contribution in [1.82, 2.24) is 0 Å². The summed E-state index contributed by atoms with van der Waals surface area (Å²) in [5.74, 6) is 0.731. The van der Waals surface area contributed by atoms with Crippen LogP contribution in [0.1, 0.15) is 30.1 Å². The molecule has 0 radical (unpaired) electrons. The fourth-order valence-electron chi connectivity index (χ4n) is 3.98. The Morgan fingerprint density at radius 1 is 1.12 bits per heavy atom. The van der Waals surface area contributed by atoms with Crippen molar-refractivity contribution in [2.45, 2.75) is 31.4 Å². The Morgan fingerprint density at radius 2 is 1.92 bits per heavy atom. The molecule has 2 aromatic carbocycles. The zero-order valence-electron chi connectivity index (χ0n) is 14.3. The number of hydrogen-bond donors (Lipinski definition) is 1. The summed E-state index contributed by atoms with van der Waals surface area (Å²) < 4.78 is 21.8. The van der Waals surface area contributed by atoms with Crippen LogP contribution in [-0.4, -0.2) is 29.9 Å². The van der Waals surface area contributed by atoms with Gasteiger partial charge in [-0.25, -0.2) is 8.97 Å². The van der Waals surface area contributed by atoms with E-state index in [0.717, 1.165) is 32.4 Å². The van der Waals surface area contributed by atoms with Gasteiger partial charge in [-0.2, -0.15) is 0 Å². The highest BCUT2D eigenvalue weighted by Gasteiger charge is 2.36. The van der Waals surface area contributed by atoms with Crippen LogP contribution in [0.4, 0.5) is 4.39 Å². The van der Waals surface area contributed by atoms with Gasteiger partial charge in [0, 0.05) is 6.42 Å². The molecule has 3 unspecified atom stereocenters. The lowest BCUT2D eigenvalue weighted by atomic mass is 10.0. The number of benzene rings is 2. The van der Waals surface area contributed by atoms with E-state index in [9.17, 15) is 4.39 Å². The Bertz CT molecular complexity index is 772. The summed E-state index contributed by atoms with van der Waals surface area (Å²) in [6.07, 6.45) is 5.48. The second-order valence-corrected chi connectivity index (χ2v) is 7.11. The SMILES string of the molecule is NC1CCC[N+](=CC2Cc3ccccc3C2Oc2ccc(F)cc2)C1. The summed E-state index contributed by atoms with van der Waals surface area (Å²) in [5.41, 5.74) is 8.69. The summed E-state index contributed by atoms with van der Waals surface area (Å²) in [5, 5.41) is 0. The molecule has 0 bridgehead atoms. The number of nitrogens with two attached hydrogens (primary N) is 1. The van der Waals surface area contributed by atoms with Crippen molar-refractivity contribution in [3.63, 3.8) is 0 Å². The van der Waals surface area contributed by atoms with E-state index < -0.39 is 0 Å². The van der Waals surface area contributed by atoms with Gasteiger partial charge in [0.25, 0.3) is 0 Å². The van der Waals surface area contributed by atoms with Gasteiger partial charge in [0.1, 0.15) is 30.4 Å². The van der Waals surface area contributed by atoms with Crippen LogP contribution in [0.5, 0.6) is 5.75 Å². The quantitative estimate of drug-likeness (QED) is 0.871. The highest BCUT2D eigenvalue weighted by atomic mass is 19.1. The van der Waals surface area contributed by atoms with Crippen molar-refractivity contribution < 1.29 is 13.7 Å². The zero-order valence-corrected chi connectivity index (χ0v) is 14.3. The minimum absolute atomic E-state index is 0.0418. The van der Waals surface area contributed by atoms with Crippen LogP contribution >= 0.6 is 0 Å². The molecular formula is C21H24FN2O+. The Labute approximate surface area is 147 Å². The lowest BCUT2D eigenvalue weighted by Crippen LogP contribution is -2.39. The first-order valence-corrected chi connectivity index (χ1v) is 9.04. The van der Waals surface area contributed by atoms with E-state index in [1.54, 1.807) is 12.1 Å². The van der Waals surface area contributed by atoms with E-state index in [4.69, 9.17) is 10.5 Å². The molecule has 2 aromatic rings. The molecule has 0 spiro atoms. The van der Waals surface area contributed by atoms with Crippen LogP contribution in [-0.2, 0) is 6.42 Å². The van der Waals surface area contributed by atoms with Gasteiger partial charge in [0.2, 0.25) is 0 Å². The monoisotopic (exact) mass is 339 g/mol. The van der Waals surface area contributed by atoms with E-state index in [0.29, 0.717) is 5.75 Å². The number of rotatable bonds is 3. The summed E-state index contributed by atoms with van der Waals surface area (Å²) in [6, 6.07) is 15.0. The molecule has 1 aliphatic heterocycles. The van der Waals surface area contributed by atoms with Crippen molar-refractivity contribution in [3.8, 4) is 5.75 Å². The molecule has 1 aliphatic carbocycles. The van der Waals surface area contributed by atoms with Crippen LogP contribution in [0.15, 0.2) is 48.5 Å². The third-order valence-electron chi connectivity index (χ3n) is 5.17. The first kappa shape index (κ1) is 16.3. The summed E-state index contributed by atoms with van der Waals surface area (Å²) in [6.45, 7) is 1.97. The molecule has 1 fully saturated rings. The van der Waals surface area contributed by atoms with Crippen LogP contribution in [0.3, 0.4) is 0 Å². The van der Waals surface area contributed by atoms with Crippen LogP contribution in [0, 0.1) is 11.7 Å². The maximum Gasteiger partial charge on any atom is 0.157 e. The van der Waals surface area contributed by atoms with Gasteiger partial charge >= 0.3 is 0 Å². The molecule has 2 aliphatic rings. The lowest BCUT2D eigenvalue weighted by molar-refractivity contribution is -0.537. The highest BCUT2D eigenvalue weighted by molar-refractivity contribution is 5.61. The second kappa shape index (κ2) is 6.96. The first-order chi connectivity index (χ1) is 12.2. The Morgan fingerprint density at radius 3 is 2.72 bits per heavy atom. The van der Waals surface area contributed by atoms with Crippen molar-refractivity contribution in [1.29, 1.82) is 0 Å². The number of piperidine rings is 1. The number of halogens is 1. The van der Waals surface area contributed by atoms with Gasteiger partial charge in [-0.3, -0.25) is 0 Å². The van der Waals surface area contributed by atoms with Crippen LogP contribution < -0.4 is 10.5 Å². The summed E-state index contributed by atoms with van der Waals surface area (Å²) in [4.78, 5) is 0. The molecule has 1 saturated heterocycles. The molecule has 4 heteroatoms. The fraction of sp³-hybridized carbons (Fsp3) is 0.381. The number of hydrogen-bond acceptors (Lipinski definition) is 2. The Balaban J connectivity index is 1.61. The van der Waals surface area contributed by atoms with Crippen molar-refractivity contribution >= 4 is 6.21 Å². The zero-order chi connectivity index (χ0) is 17.2. The van der Waals surface area contributed by atoms with Gasteiger partial charge < -0.3 is 10.5 Å². The average molecular weight is 339 g/mol. The summed E-state index contributed by atoms with van der Waals surface area (Å²) in [7, 11) is 0. The van der Waals surface area contributed by atoms with E-state index >= 15 is 0 Å². The smallest absolute Gasteiger partial charge is 0.157 e. The van der Waals surface area contributed by atoms with E-state index in [1.165, 1.54) is 23.3 Å². The van der Waals surface area contributed by atoms with Gasteiger partial charge in [0.05, 0.1) is 12.0 Å². The fourth-order valence-corrected chi connectivity index (χ4v) is 3.98. The van der Waals surface area contributed by atoms with Crippen molar-refractivity contribution in [3.05, 3.63) is 65.5 Å². The highest BCUT2D eigenvalue weighted by Crippen LogP contribution is 2.38. The maximum absolute atomic E-state index is 13.2. The molecule has 0 amide bonds. The third kappa shape index (κ3) is 3.59. The maximum atomic E-state index is 13.2. The molecule has 1 heterocycles. The van der Waals surface area contributed by atoms with Gasteiger partial charge in [-0.1, -0.05) is 24.3 Å². The first-order valence-electron chi connectivity index (χ1n) is 9.04. The molecule has 0 aromatic heterocycles. The van der Waals surface area contributed by atoms with E-state index in [2.05, 4.69) is 35.1 Å². The molecule has 130 valence electrons. The molecule has 0 saturated carbocycles. The second-order valence-electron chi connectivity index (χ2n) is 7.11. The predicted octanol–water partition coefficient (Wildman–Crippen LogP) is 3.32. The van der Waals surface area contributed by atoms with Crippen molar-refractivity contribution in [2.75, 3.05) is 13.1 Å². The van der Waals surface area contributed by atoms with E-state index in [-0.39, 0.29) is 23.9 Å². The predicted molar refractivity (Wildman–Crippen MR) is 96.7 cm³/mol. The standard InChI is InChI=1S/C21H24FN2O/c22-17-7-9-19(10-8-17)25-21-16(12-15-4-1-2-6-20(15)21)13-24-11-3-5-18(23)14-24/h1-2,4,6-10,13,16,18,21H,3,5,11-12,14,23H2/q+1. The normalized spacial score (nSPS) is 27.3. The topological polar surface area (TPSA) is 38.3 Å². The minimum Gasteiger partial charge on any atom is -0.485 e. The lowest BCUT2D eigenvalue weighted by Gasteiger charge is -2.21. The van der Waals surface area contributed by atoms with Gasteiger partial charge in [0.15, 0.2) is 6.54 Å². The largest absolute Gasteiger partial charge is 0.485 e. The van der Waals surface area contributed by atoms with E-state index in [1.807, 2.05) is 0 Å². The number of ether oxygens (including phenoxy) is 1.